The summed E-state index contributed by atoms with van der Waals surface area (Å²) >= 11 is 13.6. The summed E-state index contributed by atoms with van der Waals surface area (Å²) in [5.74, 6) is -0.183. The summed E-state index contributed by atoms with van der Waals surface area (Å²) in [4.78, 5) is 17.6. The van der Waals surface area contributed by atoms with Crippen molar-refractivity contribution in [2.24, 2.45) is 4.99 Å². The molecule has 0 saturated carbocycles. The first-order valence-electron chi connectivity index (χ1n) is 9.75. The zero-order chi connectivity index (χ0) is 22.3. The zero-order valence-electron chi connectivity index (χ0n) is 17.6. The van der Waals surface area contributed by atoms with E-state index in [9.17, 15) is 4.79 Å². The molecule has 0 spiro atoms. The van der Waals surface area contributed by atoms with E-state index in [1.165, 1.54) is 22.9 Å². The molecule has 2 heterocycles. The van der Waals surface area contributed by atoms with Crippen LogP contribution in [0.2, 0.25) is 10.0 Å². The van der Waals surface area contributed by atoms with Crippen LogP contribution in [-0.2, 0) is 4.79 Å². The van der Waals surface area contributed by atoms with E-state index in [2.05, 4.69) is 66.8 Å². The molecule has 0 aliphatic carbocycles. The van der Waals surface area contributed by atoms with Crippen LogP contribution in [0.15, 0.2) is 52.4 Å². The average molecular weight is 470 g/mol. The van der Waals surface area contributed by atoms with Crippen molar-refractivity contribution in [3.05, 3.63) is 85.5 Å². The number of halogens is 2. The quantitative estimate of drug-likeness (QED) is 0.423. The molecule has 0 bridgehead atoms. The third-order valence-corrected chi connectivity index (χ3v) is 7.03. The molecule has 1 aromatic heterocycles. The molecule has 1 aliphatic rings. The molecule has 158 valence electrons. The molecule has 1 amide bonds. The highest BCUT2D eigenvalue weighted by Gasteiger charge is 2.25. The molecule has 4 rings (SSSR count). The topological polar surface area (TPSA) is 46.4 Å². The molecule has 0 atom stereocenters. The molecule has 3 aromatic rings. The third kappa shape index (κ3) is 4.31. The number of aromatic nitrogens is 1. The Hall–Kier alpha value is -2.47. The van der Waals surface area contributed by atoms with E-state index in [1.54, 1.807) is 18.2 Å². The first-order valence-corrected chi connectivity index (χ1v) is 11.3. The Labute approximate surface area is 196 Å². The van der Waals surface area contributed by atoms with Crippen LogP contribution < -0.4 is 5.32 Å². The monoisotopic (exact) mass is 469 g/mol. The van der Waals surface area contributed by atoms with Gasteiger partial charge in [-0.2, -0.15) is 0 Å². The van der Waals surface area contributed by atoms with E-state index in [4.69, 9.17) is 23.2 Å². The Balaban J connectivity index is 1.66. The molecule has 1 aliphatic heterocycles. The van der Waals surface area contributed by atoms with Gasteiger partial charge in [0.2, 0.25) is 0 Å². The molecule has 1 saturated heterocycles. The molecular weight excluding hydrogens is 449 g/mol. The van der Waals surface area contributed by atoms with Crippen LogP contribution in [0.1, 0.15) is 28.1 Å². The molecule has 0 unspecified atom stereocenters. The first-order chi connectivity index (χ1) is 14.7. The van der Waals surface area contributed by atoms with Gasteiger partial charge in [0.25, 0.3) is 5.91 Å². The van der Waals surface area contributed by atoms with Gasteiger partial charge in [0.05, 0.1) is 20.6 Å². The maximum atomic E-state index is 12.5. The average Bonchev–Trinajstić information content (AvgIpc) is 3.20. The number of carbonyl (C=O) groups excluding carboxylic acids is 1. The number of benzene rings is 2. The van der Waals surface area contributed by atoms with Gasteiger partial charge in [-0.25, -0.2) is 4.99 Å². The van der Waals surface area contributed by atoms with Crippen molar-refractivity contribution in [3.8, 4) is 5.69 Å². The highest BCUT2D eigenvalue weighted by atomic mass is 35.5. The number of aliphatic imine (C=N–C) groups is 1. The lowest BCUT2D eigenvalue weighted by atomic mass is 10.1. The zero-order valence-corrected chi connectivity index (χ0v) is 19.9. The predicted octanol–water partition coefficient (Wildman–Crippen LogP) is 6.91. The van der Waals surface area contributed by atoms with Gasteiger partial charge in [-0.15, -0.1) is 0 Å². The van der Waals surface area contributed by atoms with Gasteiger partial charge in [0, 0.05) is 17.1 Å². The fourth-order valence-corrected chi connectivity index (χ4v) is 4.67. The molecule has 7 heteroatoms. The number of carbonyl (C=O) groups is 1. The summed E-state index contributed by atoms with van der Waals surface area (Å²) in [6.45, 7) is 8.35. The second kappa shape index (κ2) is 8.58. The normalized spacial score (nSPS) is 16.4. The maximum absolute atomic E-state index is 12.5. The highest BCUT2D eigenvalue weighted by Crippen LogP contribution is 2.35. The number of aryl methyl sites for hydroxylation is 3. The number of nitrogens with zero attached hydrogens (tertiary/aromatic N) is 2. The number of hydrogen-bond donors (Lipinski definition) is 1. The fraction of sp³-hybridized carbons (Fsp3) is 0.167. The Morgan fingerprint density at radius 3 is 2.55 bits per heavy atom. The molecule has 0 radical (unpaired) electrons. The van der Waals surface area contributed by atoms with Crippen LogP contribution in [0.5, 0.6) is 0 Å². The van der Waals surface area contributed by atoms with Gasteiger partial charge in [0.15, 0.2) is 5.17 Å². The SMILES string of the molecule is Cc1ccc(-n2c(C)cc(/C=C3/SC(=Nc4cccc(Cl)c4Cl)NC3=O)c2C)cc1C. The van der Waals surface area contributed by atoms with Gasteiger partial charge in [-0.1, -0.05) is 35.3 Å². The summed E-state index contributed by atoms with van der Waals surface area (Å²) in [6.07, 6.45) is 1.90. The standard InChI is InChI=1S/C24H21Cl2N3OS/c1-13-8-9-18(10-14(13)2)29-15(3)11-17(16(29)4)12-21-23(30)28-24(31-21)27-20-7-5-6-19(25)22(20)26/h5-12H,1-4H3,(H,27,28,30)/b21-12+. The summed E-state index contributed by atoms with van der Waals surface area (Å²) in [7, 11) is 0. The number of hydrogen-bond acceptors (Lipinski definition) is 3. The third-order valence-electron chi connectivity index (χ3n) is 5.31. The lowest BCUT2D eigenvalue weighted by Gasteiger charge is -2.11. The van der Waals surface area contributed by atoms with Crippen molar-refractivity contribution in [1.29, 1.82) is 0 Å². The van der Waals surface area contributed by atoms with Gasteiger partial charge in [-0.3, -0.25) is 4.79 Å². The second-order valence-electron chi connectivity index (χ2n) is 7.49. The lowest BCUT2D eigenvalue weighted by Crippen LogP contribution is -2.19. The minimum atomic E-state index is -0.183. The van der Waals surface area contributed by atoms with E-state index in [0.717, 1.165) is 22.6 Å². The Kier molecular flexibility index (Phi) is 6.02. The van der Waals surface area contributed by atoms with Gasteiger partial charge in [-0.05, 0) is 92.6 Å². The predicted molar refractivity (Wildman–Crippen MR) is 132 cm³/mol. The smallest absolute Gasteiger partial charge is 0.264 e. The van der Waals surface area contributed by atoms with Crippen molar-refractivity contribution in [2.75, 3.05) is 0 Å². The lowest BCUT2D eigenvalue weighted by molar-refractivity contribution is -0.115. The number of rotatable bonds is 3. The van der Waals surface area contributed by atoms with E-state index in [1.807, 2.05) is 6.08 Å². The van der Waals surface area contributed by atoms with Crippen LogP contribution in [0.4, 0.5) is 5.69 Å². The number of thioether (sulfide) groups is 1. The molecular formula is C24H21Cl2N3OS. The minimum absolute atomic E-state index is 0.183. The van der Waals surface area contributed by atoms with E-state index >= 15 is 0 Å². The summed E-state index contributed by atoms with van der Waals surface area (Å²) in [5.41, 5.74) is 7.32. The van der Waals surface area contributed by atoms with Crippen LogP contribution in [-0.4, -0.2) is 15.6 Å². The van der Waals surface area contributed by atoms with Gasteiger partial charge >= 0.3 is 0 Å². The maximum Gasteiger partial charge on any atom is 0.264 e. The summed E-state index contributed by atoms with van der Waals surface area (Å²) < 4.78 is 2.21. The minimum Gasteiger partial charge on any atom is -0.318 e. The van der Waals surface area contributed by atoms with Gasteiger partial charge < -0.3 is 9.88 Å². The molecule has 4 nitrogen and oxygen atoms in total. The first kappa shape index (κ1) is 21.8. The van der Waals surface area contributed by atoms with E-state index in [0.29, 0.717) is 25.8 Å². The van der Waals surface area contributed by atoms with Crippen molar-refractivity contribution in [2.45, 2.75) is 27.7 Å². The van der Waals surface area contributed by atoms with Crippen molar-refractivity contribution < 1.29 is 4.79 Å². The second-order valence-corrected chi connectivity index (χ2v) is 9.30. The van der Waals surface area contributed by atoms with Crippen LogP contribution in [0.3, 0.4) is 0 Å². The summed E-state index contributed by atoms with van der Waals surface area (Å²) in [6, 6.07) is 13.8. The number of amides is 1. The van der Waals surface area contributed by atoms with Crippen molar-refractivity contribution >= 4 is 57.8 Å². The number of nitrogens with one attached hydrogen (secondary N) is 1. The molecule has 31 heavy (non-hydrogen) atoms. The Morgan fingerprint density at radius 2 is 1.81 bits per heavy atom. The van der Waals surface area contributed by atoms with Crippen LogP contribution >= 0.6 is 35.0 Å². The number of amidine groups is 1. The highest BCUT2D eigenvalue weighted by molar-refractivity contribution is 8.18. The van der Waals surface area contributed by atoms with Crippen molar-refractivity contribution in [3.63, 3.8) is 0 Å². The van der Waals surface area contributed by atoms with E-state index in [-0.39, 0.29) is 5.91 Å². The van der Waals surface area contributed by atoms with Crippen molar-refractivity contribution in [1.82, 2.24) is 9.88 Å². The Morgan fingerprint density at radius 1 is 1.03 bits per heavy atom. The molecule has 1 fully saturated rings. The van der Waals surface area contributed by atoms with Crippen LogP contribution in [0.25, 0.3) is 11.8 Å². The largest absolute Gasteiger partial charge is 0.318 e. The van der Waals surface area contributed by atoms with Crippen LogP contribution in [0, 0.1) is 27.7 Å². The fourth-order valence-electron chi connectivity index (χ4n) is 3.51. The van der Waals surface area contributed by atoms with Gasteiger partial charge in [0.1, 0.15) is 0 Å². The Bertz CT molecular complexity index is 1270. The summed E-state index contributed by atoms with van der Waals surface area (Å²) in [5, 5.41) is 4.06. The van der Waals surface area contributed by atoms with E-state index < -0.39 is 0 Å². The molecule has 2 aromatic carbocycles. The molecule has 1 N–H and O–H groups in total.